The molecule has 0 aromatic heterocycles. The van der Waals surface area contributed by atoms with Gasteiger partial charge < -0.3 is 9.64 Å². The van der Waals surface area contributed by atoms with Crippen LogP contribution in [0.25, 0.3) is 0 Å². The summed E-state index contributed by atoms with van der Waals surface area (Å²) in [4.78, 5) is 15.2. The Hall–Kier alpha value is -2.13. The van der Waals surface area contributed by atoms with Gasteiger partial charge in [0.1, 0.15) is 0 Å². The number of aryl methyl sites for hydroxylation is 1. The van der Waals surface area contributed by atoms with E-state index >= 15 is 0 Å². The molecule has 1 heterocycles. The van der Waals surface area contributed by atoms with Crippen molar-refractivity contribution < 1.29 is 9.53 Å². The van der Waals surface area contributed by atoms with E-state index in [9.17, 15) is 4.79 Å². The number of nitrogens with zero attached hydrogens (tertiary/aromatic N) is 1. The van der Waals surface area contributed by atoms with Crippen molar-refractivity contribution in [2.24, 2.45) is 11.3 Å². The van der Waals surface area contributed by atoms with Crippen LogP contribution in [-0.2, 0) is 22.4 Å². The molecule has 1 unspecified atom stereocenters. The molecule has 2 aromatic carbocycles. The third-order valence-electron chi connectivity index (χ3n) is 6.22. The molecular formula is C25H33NO2. The number of methoxy groups -OCH3 is 1. The van der Waals surface area contributed by atoms with Crippen LogP contribution in [0.5, 0.6) is 0 Å². The van der Waals surface area contributed by atoms with Crippen LogP contribution in [0.1, 0.15) is 36.5 Å². The second-order valence-corrected chi connectivity index (χ2v) is 8.47. The van der Waals surface area contributed by atoms with Crippen LogP contribution in [0.3, 0.4) is 0 Å². The third kappa shape index (κ3) is 5.02. The minimum atomic E-state index is -0.383. The van der Waals surface area contributed by atoms with E-state index in [1.165, 1.54) is 23.8 Å². The minimum Gasteiger partial charge on any atom is -0.469 e. The zero-order valence-corrected chi connectivity index (χ0v) is 17.5. The van der Waals surface area contributed by atoms with Crippen LogP contribution in [-0.4, -0.2) is 37.6 Å². The predicted molar refractivity (Wildman–Crippen MR) is 114 cm³/mol. The number of likely N-dealkylation sites (tertiary alicyclic amines) is 1. The highest BCUT2D eigenvalue weighted by atomic mass is 16.5. The van der Waals surface area contributed by atoms with Gasteiger partial charge in [0.05, 0.1) is 12.5 Å². The van der Waals surface area contributed by atoms with Gasteiger partial charge in [0, 0.05) is 6.54 Å². The molecule has 1 aliphatic heterocycles. The molecule has 1 saturated heterocycles. The van der Waals surface area contributed by atoms with Gasteiger partial charge in [-0.15, -0.1) is 0 Å². The van der Waals surface area contributed by atoms with Crippen molar-refractivity contribution >= 4 is 5.97 Å². The normalized spacial score (nSPS) is 17.8. The number of rotatable bonds is 7. The van der Waals surface area contributed by atoms with Crippen molar-refractivity contribution in [3.8, 4) is 0 Å². The lowest BCUT2D eigenvalue weighted by molar-refractivity contribution is -0.156. The molecule has 0 radical (unpaired) electrons. The number of carbonyl (C=O) groups excluding carboxylic acids is 1. The first-order valence-corrected chi connectivity index (χ1v) is 10.4. The predicted octanol–water partition coefficient (Wildman–Crippen LogP) is 4.67. The molecule has 150 valence electrons. The van der Waals surface area contributed by atoms with Crippen LogP contribution >= 0.6 is 0 Å². The van der Waals surface area contributed by atoms with Gasteiger partial charge in [0.25, 0.3) is 0 Å². The monoisotopic (exact) mass is 379 g/mol. The molecule has 1 atom stereocenters. The highest BCUT2D eigenvalue weighted by Crippen LogP contribution is 2.37. The largest absolute Gasteiger partial charge is 0.469 e. The lowest BCUT2D eigenvalue weighted by Crippen LogP contribution is -2.47. The molecule has 0 amide bonds. The molecule has 3 rings (SSSR count). The van der Waals surface area contributed by atoms with Crippen LogP contribution < -0.4 is 0 Å². The Morgan fingerprint density at radius 3 is 2.36 bits per heavy atom. The topological polar surface area (TPSA) is 29.5 Å². The second kappa shape index (κ2) is 9.38. The lowest BCUT2D eigenvalue weighted by atomic mass is 9.73. The van der Waals surface area contributed by atoms with Gasteiger partial charge in [-0.3, -0.25) is 4.79 Å². The van der Waals surface area contributed by atoms with E-state index < -0.39 is 0 Å². The number of esters is 1. The maximum Gasteiger partial charge on any atom is 0.312 e. The molecule has 0 spiro atoms. The van der Waals surface area contributed by atoms with Crippen molar-refractivity contribution in [1.82, 2.24) is 4.90 Å². The SMILES string of the molecule is COC(=O)C1(Cc2ccccc2)CCN(CC(C)Cc2ccccc2C)CC1. The van der Waals surface area contributed by atoms with E-state index in [1.54, 1.807) is 0 Å². The van der Waals surface area contributed by atoms with Crippen molar-refractivity contribution in [2.45, 2.75) is 39.5 Å². The van der Waals surface area contributed by atoms with Crippen LogP contribution in [0.15, 0.2) is 54.6 Å². The lowest BCUT2D eigenvalue weighted by Gasteiger charge is -2.40. The summed E-state index contributed by atoms with van der Waals surface area (Å²) < 4.78 is 5.22. The van der Waals surface area contributed by atoms with Crippen molar-refractivity contribution in [3.63, 3.8) is 0 Å². The Bertz CT molecular complexity index is 763. The molecule has 28 heavy (non-hydrogen) atoms. The van der Waals surface area contributed by atoms with Crippen molar-refractivity contribution in [2.75, 3.05) is 26.7 Å². The molecule has 0 bridgehead atoms. The molecule has 1 fully saturated rings. The molecule has 2 aromatic rings. The van der Waals surface area contributed by atoms with Crippen LogP contribution in [0.2, 0.25) is 0 Å². The van der Waals surface area contributed by atoms with E-state index in [1.807, 2.05) is 18.2 Å². The summed E-state index contributed by atoms with van der Waals surface area (Å²) in [7, 11) is 1.52. The Morgan fingerprint density at radius 2 is 1.71 bits per heavy atom. The number of ether oxygens (including phenoxy) is 1. The fraction of sp³-hybridized carbons (Fsp3) is 0.480. The molecule has 0 N–H and O–H groups in total. The van der Waals surface area contributed by atoms with E-state index in [0.29, 0.717) is 5.92 Å². The van der Waals surface area contributed by atoms with Crippen molar-refractivity contribution in [3.05, 3.63) is 71.3 Å². The molecule has 3 nitrogen and oxygen atoms in total. The maximum atomic E-state index is 12.7. The summed E-state index contributed by atoms with van der Waals surface area (Å²) in [5, 5.41) is 0. The molecular weight excluding hydrogens is 346 g/mol. The highest BCUT2D eigenvalue weighted by Gasteiger charge is 2.42. The van der Waals surface area contributed by atoms with Gasteiger partial charge >= 0.3 is 5.97 Å². The molecule has 1 aliphatic rings. The summed E-state index contributed by atoms with van der Waals surface area (Å²) in [5.74, 6) is 0.546. The average molecular weight is 380 g/mol. The van der Waals surface area contributed by atoms with E-state index in [2.05, 4.69) is 55.1 Å². The highest BCUT2D eigenvalue weighted by molar-refractivity contribution is 5.77. The Labute approximate surface area is 169 Å². The van der Waals surface area contributed by atoms with Gasteiger partial charge in [-0.05, 0) is 68.3 Å². The molecule has 3 heteroatoms. The fourth-order valence-corrected chi connectivity index (χ4v) is 4.54. The first kappa shape index (κ1) is 20.6. The number of hydrogen-bond donors (Lipinski definition) is 0. The Balaban J connectivity index is 1.59. The second-order valence-electron chi connectivity index (χ2n) is 8.47. The smallest absolute Gasteiger partial charge is 0.312 e. The minimum absolute atomic E-state index is 0.0519. The average Bonchev–Trinajstić information content (AvgIpc) is 2.71. The van der Waals surface area contributed by atoms with Gasteiger partial charge in [-0.2, -0.15) is 0 Å². The number of piperidine rings is 1. The van der Waals surface area contributed by atoms with Gasteiger partial charge in [-0.25, -0.2) is 0 Å². The van der Waals surface area contributed by atoms with Gasteiger partial charge in [-0.1, -0.05) is 61.5 Å². The van der Waals surface area contributed by atoms with E-state index in [-0.39, 0.29) is 11.4 Å². The number of hydrogen-bond acceptors (Lipinski definition) is 3. The maximum absolute atomic E-state index is 12.7. The summed E-state index contributed by atoms with van der Waals surface area (Å²) in [5.41, 5.74) is 3.65. The molecule has 0 aliphatic carbocycles. The summed E-state index contributed by atoms with van der Waals surface area (Å²) in [6.07, 6.45) is 3.61. The quantitative estimate of drug-likeness (QED) is 0.655. The van der Waals surface area contributed by atoms with Crippen molar-refractivity contribution in [1.29, 1.82) is 0 Å². The zero-order chi connectivity index (χ0) is 20.0. The molecule has 0 saturated carbocycles. The standard InChI is InChI=1S/C25H33NO2/c1-20(17-23-12-8-7-9-21(23)2)19-26-15-13-25(14-16-26,24(27)28-3)18-22-10-5-4-6-11-22/h4-12,20H,13-19H2,1-3H3. The summed E-state index contributed by atoms with van der Waals surface area (Å²) in [6, 6.07) is 19.0. The van der Waals surface area contributed by atoms with E-state index in [4.69, 9.17) is 4.74 Å². The fourth-order valence-electron chi connectivity index (χ4n) is 4.54. The number of carbonyl (C=O) groups is 1. The van der Waals surface area contributed by atoms with Crippen LogP contribution in [0.4, 0.5) is 0 Å². The first-order valence-electron chi connectivity index (χ1n) is 10.4. The van der Waals surface area contributed by atoms with Gasteiger partial charge in [0.2, 0.25) is 0 Å². The Kier molecular flexibility index (Phi) is 6.90. The first-order chi connectivity index (χ1) is 13.5. The zero-order valence-electron chi connectivity index (χ0n) is 17.5. The summed E-state index contributed by atoms with van der Waals surface area (Å²) >= 11 is 0. The van der Waals surface area contributed by atoms with Crippen LogP contribution in [0, 0.1) is 18.3 Å². The Morgan fingerprint density at radius 1 is 1.07 bits per heavy atom. The van der Waals surface area contributed by atoms with Gasteiger partial charge in [0.15, 0.2) is 0 Å². The number of benzene rings is 2. The summed E-state index contributed by atoms with van der Waals surface area (Å²) in [6.45, 7) is 7.52. The van der Waals surface area contributed by atoms with E-state index in [0.717, 1.165) is 45.3 Å². The third-order valence-corrected chi connectivity index (χ3v) is 6.22.